The van der Waals surface area contributed by atoms with Crippen LogP contribution in [0, 0.1) is 6.92 Å². The van der Waals surface area contributed by atoms with Gasteiger partial charge in [-0.15, -0.1) is 0 Å². The number of rotatable bonds is 2. The molecule has 1 saturated heterocycles. The van der Waals surface area contributed by atoms with Crippen LogP contribution in [-0.4, -0.2) is 27.1 Å². The fourth-order valence-corrected chi connectivity index (χ4v) is 3.02. The Balaban J connectivity index is 1.92. The van der Waals surface area contributed by atoms with E-state index >= 15 is 0 Å². The van der Waals surface area contributed by atoms with Crippen LogP contribution in [0.4, 0.5) is 0 Å². The molecule has 0 spiro atoms. The van der Waals surface area contributed by atoms with Gasteiger partial charge in [-0.1, -0.05) is 24.3 Å². The highest BCUT2D eigenvalue weighted by Gasteiger charge is 2.32. The largest absolute Gasteiger partial charge is 0.330 e. The van der Waals surface area contributed by atoms with Crippen molar-refractivity contribution < 1.29 is 4.79 Å². The quantitative estimate of drug-likeness (QED) is 0.840. The molecule has 1 aliphatic heterocycles. The maximum Gasteiger partial charge on any atom is 0.272 e. The maximum atomic E-state index is 12.7. The number of nitrogens with zero attached hydrogens (tertiary/aromatic N) is 3. The zero-order valence-electron chi connectivity index (χ0n) is 11.9. The molecular weight excluding hydrogens is 250 g/mol. The fraction of sp³-hybridized carbons (Fsp3) is 0.375. The number of carbonyl (C=O) groups excluding carboxylic acids is 1. The first-order chi connectivity index (χ1) is 9.68. The highest BCUT2D eigenvalue weighted by molar-refractivity contribution is 5.93. The Morgan fingerprint density at radius 3 is 2.80 bits per heavy atom. The molecule has 1 amide bonds. The second-order valence-corrected chi connectivity index (χ2v) is 5.35. The van der Waals surface area contributed by atoms with E-state index < -0.39 is 0 Å². The average Bonchev–Trinajstić information content (AvgIpc) is 3.07. The normalized spacial score (nSPS) is 18.5. The Labute approximate surface area is 119 Å². The highest BCUT2D eigenvalue weighted by Crippen LogP contribution is 2.34. The lowest BCUT2D eigenvalue weighted by molar-refractivity contribution is 0.0724. The first kappa shape index (κ1) is 12.9. The van der Waals surface area contributed by atoms with Crippen LogP contribution in [0.3, 0.4) is 0 Å². The Hall–Kier alpha value is -2.10. The molecule has 0 N–H and O–H groups in total. The molecule has 0 radical (unpaired) electrons. The minimum Gasteiger partial charge on any atom is -0.330 e. The molecule has 2 aromatic rings. The topological polar surface area (TPSA) is 38.1 Å². The molecule has 4 heteroatoms. The van der Waals surface area contributed by atoms with Crippen LogP contribution >= 0.6 is 0 Å². The summed E-state index contributed by atoms with van der Waals surface area (Å²) in [7, 11) is 1.81. The molecule has 1 fully saturated rings. The van der Waals surface area contributed by atoms with Gasteiger partial charge in [0.1, 0.15) is 5.69 Å². The minimum absolute atomic E-state index is 0.0794. The van der Waals surface area contributed by atoms with Gasteiger partial charge in [0.2, 0.25) is 0 Å². The van der Waals surface area contributed by atoms with Crippen molar-refractivity contribution in [3.05, 3.63) is 53.3 Å². The molecule has 1 aromatic heterocycles. The van der Waals surface area contributed by atoms with E-state index in [9.17, 15) is 4.79 Å². The number of likely N-dealkylation sites (tertiary alicyclic amines) is 1. The molecular formula is C16H19N3O. The van der Waals surface area contributed by atoms with Crippen molar-refractivity contribution in [2.24, 2.45) is 7.05 Å². The van der Waals surface area contributed by atoms with E-state index in [2.05, 4.69) is 24.2 Å². The first-order valence-electron chi connectivity index (χ1n) is 7.03. The van der Waals surface area contributed by atoms with Crippen LogP contribution in [0.15, 0.2) is 36.5 Å². The summed E-state index contributed by atoms with van der Waals surface area (Å²) in [6.45, 7) is 2.93. The second kappa shape index (κ2) is 5.12. The molecule has 2 heterocycles. The van der Waals surface area contributed by atoms with Gasteiger partial charge in [0.25, 0.3) is 5.91 Å². The van der Waals surface area contributed by atoms with Crippen molar-refractivity contribution in [1.82, 2.24) is 14.7 Å². The van der Waals surface area contributed by atoms with Crippen molar-refractivity contribution >= 4 is 5.91 Å². The number of aromatic nitrogens is 2. The van der Waals surface area contributed by atoms with E-state index in [4.69, 9.17) is 0 Å². The average molecular weight is 269 g/mol. The van der Waals surface area contributed by atoms with Crippen molar-refractivity contribution in [3.8, 4) is 0 Å². The van der Waals surface area contributed by atoms with Gasteiger partial charge in [-0.2, -0.15) is 5.10 Å². The van der Waals surface area contributed by atoms with Gasteiger partial charge >= 0.3 is 0 Å². The smallest absolute Gasteiger partial charge is 0.272 e. The number of hydrogen-bond donors (Lipinski definition) is 0. The summed E-state index contributed by atoms with van der Waals surface area (Å²) >= 11 is 0. The van der Waals surface area contributed by atoms with Gasteiger partial charge in [-0.25, -0.2) is 0 Å². The Morgan fingerprint density at radius 1 is 1.30 bits per heavy atom. The van der Waals surface area contributed by atoms with E-state index in [-0.39, 0.29) is 11.9 Å². The van der Waals surface area contributed by atoms with E-state index in [1.165, 1.54) is 11.1 Å². The van der Waals surface area contributed by atoms with Gasteiger partial charge < -0.3 is 4.90 Å². The number of benzene rings is 1. The molecule has 0 aliphatic carbocycles. The third-order valence-corrected chi connectivity index (χ3v) is 4.10. The van der Waals surface area contributed by atoms with Crippen LogP contribution in [-0.2, 0) is 7.05 Å². The third-order valence-electron chi connectivity index (χ3n) is 4.10. The lowest BCUT2D eigenvalue weighted by atomic mass is 9.99. The lowest BCUT2D eigenvalue weighted by Crippen LogP contribution is -2.32. The molecule has 0 saturated carbocycles. The Bertz CT molecular complexity index is 632. The molecule has 1 atom stereocenters. The number of aryl methyl sites for hydroxylation is 2. The van der Waals surface area contributed by atoms with Crippen LogP contribution in [0.2, 0.25) is 0 Å². The monoisotopic (exact) mass is 269 g/mol. The molecule has 104 valence electrons. The standard InChI is InChI=1S/C16H19N3O/c1-12-6-3-4-7-13(12)14-8-5-11-19(14)16(20)15-9-10-17-18(15)2/h3-4,6-7,9-10,14H,5,8,11H2,1-2H3. The van der Waals surface area contributed by atoms with Crippen molar-refractivity contribution in [2.75, 3.05) is 6.54 Å². The summed E-state index contributed by atoms with van der Waals surface area (Å²) in [5.41, 5.74) is 3.17. The predicted octanol–water partition coefficient (Wildman–Crippen LogP) is 2.71. The summed E-state index contributed by atoms with van der Waals surface area (Å²) in [6, 6.07) is 10.3. The lowest BCUT2D eigenvalue weighted by Gasteiger charge is -2.26. The molecule has 20 heavy (non-hydrogen) atoms. The van der Waals surface area contributed by atoms with E-state index in [1.807, 2.05) is 24.1 Å². The molecule has 4 nitrogen and oxygen atoms in total. The molecule has 1 aromatic carbocycles. The maximum absolute atomic E-state index is 12.7. The Morgan fingerprint density at radius 2 is 2.10 bits per heavy atom. The zero-order chi connectivity index (χ0) is 14.1. The predicted molar refractivity (Wildman–Crippen MR) is 77.4 cm³/mol. The second-order valence-electron chi connectivity index (χ2n) is 5.35. The van der Waals surface area contributed by atoms with Gasteiger partial charge in [0.15, 0.2) is 0 Å². The first-order valence-corrected chi connectivity index (χ1v) is 7.03. The Kier molecular flexibility index (Phi) is 3.30. The zero-order valence-corrected chi connectivity index (χ0v) is 11.9. The van der Waals surface area contributed by atoms with Gasteiger partial charge in [0.05, 0.1) is 6.04 Å². The van der Waals surface area contributed by atoms with Crippen LogP contribution < -0.4 is 0 Å². The summed E-state index contributed by atoms with van der Waals surface area (Å²) in [5, 5.41) is 4.09. The fourth-order valence-electron chi connectivity index (χ4n) is 3.02. The van der Waals surface area contributed by atoms with Gasteiger partial charge in [-0.05, 0) is 37.0 Å². The molecule has 3 rings (SSSR count). The van der Waals surface area contributed by atoms with Crippen LogP contribution in [0.25, 0.3) is 0 Å². The summed E-state index contributed by atoms with van der Waals surface area (Å²) in [5.74, 6) is 0.0794. The van der Waals surface area contributed by atoms with Crippen molar-refractivity contribution in [3.63, 3.8) is 0 Å². The molecule has 1 unspecified atom stereocenters. The number of amides is 1. The highest BCUT2D eigenvalue weighted by atomic mass is 16.2. The molecule has 0 bridgehead atoms. The van der Waals surface area contributed by atoms with Crippen molar-refractivity contribution in [1.29, 1.82) is 0 Å². The van der Waals surface area contributed by atoms with Gasteiger partial charge in [-0.3, -0.25) is 9.48 Å². The summed E-state index contributed by atoms with van der Waals surface area (Å²) in [6.07, 6.45) is 3.77. The SMILES string of the molecule is Cc1ccccc1C1CCCN1C(=O)c1ccnn1C. The van der Waals surface area contributed by atoms with E-state index in [0.717, 1.165) is 19.4 Å². The van der Waals surface area contributed by atoms with Crippen molar-refractivity contribution in [2.45, 2.75) is 25.8 Å². The van der Waals surface area contributed by atoms with Gasteiger partial charge in [0, 0.05) is 19.8 Å². The number of hydrogen-bond acceptors (Lipinski definition) is 2. The molecule has 1 aliphatic rings. The van der Waals surface area contributed by atoms with E-state index in [0.29, 0.717) is 5.69 Å². The third kappa shape index (κ3) is 2.11. The minimum atomic E-state index is 0.0794. The van der Waals surface area contributed by atoms with Crippen LogP contribution in [0.1, 0.15) is 40.5 Å². The summed E-state index contributed by atoms with van der Waals surface area (Å²) < 4.78 is 1.65. The number of carbonyl (C=O) groups is 1. The van der Waals surface area contributed by atoms with Crippen LogP contribution in [0.5, 0.6) is 0 Å². The summed E-state index contributed by atoms with van der Waals surface area (Å²) in [4.78, 5) is 14.7. The van der Waals surface area contributed by atoms with E-state index in [1.54, 1.807) is 16.9 Å².